The molecule has 8 nitrogen and oxygen atoms in total. The van der Waals surface area contributed by atoms with Crippen molar-refractivity contribution in [1.29, 1.82) is 0 Å². The molecule has 0 saturated carbocycles. The molecule has 0 atom stereocenters. The van der Waals surface area contributed by atoms with Gasteiger partial charge in [0.15, 0.2) is 6.61 Å². The summed E-state index contributed by atoms with van der Waals surface area (Å²) in [6, 6.07) is 11.8. The average Bonchev–Trinajstić information content (AvgIpc) is 2.72. The Kier molecular flexibility index (Phi) is 7.90. The normalized spacial score (nSPS) is 10.1. The quantitative estimate of drug-likeness (QED) is 0.494. The van der Waals surface area contributed by atoms with Crippen LogP contribution < -0.4 is 11.1 Å². The largest absolute Gasteiger partial charge is 0.462 e. The molecule has 2 rings (SSSR count). The lowest BCUT2D eigenvalue weighted by molar-refractivity contribution is -0.119. The third-order valence-electron chi connectivity index (χ3n) is 3.87. The molecular formula is C21H22N2O6. The van der Waals surface area contributed by atoms with Crippen molar-refractivity contribution in [2.45, 2.75) is 19.8 Å². The van der Waals surface area contributed by atoms with Crippen molar-refractivity contribution in [3.05, 3.63) is 65.2 Å². The van der Waals surface area contributed by atoms with Crippen LogP contribution in [0.5, 0.6) is 0 Å². The average molecular weight is 398 g/mol. The molecule has 3 N–H and O–H groups in total. The second-order valence-corrected chi connectivity index (χ2v) is 6.13. The number of amides is 2. The van der Waals surface area contributed by atoms with Crippen molar-refractivity contribution in [2.24, 2.45) is 5.73 Å². The summed E-state index contributed by atoms with van der Waals surface area (Å²) in [5.41, 5.74) is 6.41. The standard InChI is InChI=1S/C21H22N2O6/c1-2-3-12-28-20(26)16-8-10-17(11-9-16)23-18(24)13-29-21(27)15-6-4-14(5-7-15)19(22)25/h4-11H,2-3,12-13H2,1H3,(H2,22,25)(H,23,24). The summed E-state index contributed by atoms with van der Waals surface area (Å²) in [6.07, 6.45) is 1.73. The topological polar surface area (TPSA) is 125 Å². The van der Waals surface area contributed by atoms with Gasteiger partial charge < -0.3 is 20.5 Å². The monoisotopic (exact) mass is 398 g/mol. The zero-order valence-corrected chi connectivity index (χ0v) is 16.0. The summed E-state index contributed by atoms with van der Waals surface area (Å²) in [5.74, 6) is -2.27. The number of carbonyl (C=O) groups excluding carboxylic acids is 4. The minimum Gasteiger partial charge on any atom is -0.462 e. The molecule has 0 aromatic heterocycles. The van der Waals surface area contributed by atoms with Gasteiger partial charge in [-0.3, -0.25) is 9.59 Å². The molecule has 0 heterocycles. The Hall–Kier alpha value is -3.68. The lowest BCUT2D eigenvalue weighted by Gasteiger charge is -2.08. The highest BCUT2D eigenvalue weighted by Gasteiger charge is 2.12. The fourth-order valence-electron chi connectivity index (χ4n) is 2.26. The summed E-state index contributed by atoms with van der Waals surface area (Å²) in [7, 11) is 0. The zero-order chi connectivity index (χ0) is 21.2. The predicted octanol–water partition coefficient (Wildman–Crippen LogP) is 2.54. The van der Waals surface area contributed by atoms with Crippen LogP contribution >= 0.6 is 0 Å². The van der Waals surface area contributed by atoms with Crippen molar-refractivity contribution in [3.8, 4) is 0 Å². The first-order chi connectivity index (χ1) is 13.9. The van der Waals surface area contributed by atoms with Crippen LogP contribution in [-0.2, 0) is 14.3 Å². The van der Waals surface area contributed by atoms with E-state index in [-0.39, 0.29) is 11.1 Å². The summed E-state index contributed by atoms with van der Waals surface area (Å²) in [6.45, 7) is 1.88. The van der Waals surface area contributed by atoms with Crippen LogP contribution in [0.4, 0.5) is 5.69 Å². The molecule has 0 spiro atoms. The fourth-order valence-corrected chi connectivity index (χ4v) is 2.26. The molecule has 2 aromatic rings. The van der Waals surface area contributed by atoms with Gasteiger partial charge in [0.1, 0.15) is 0 Å². The lowest BCUT2D eigenvalue weighted by Crippen LogP contribution is -2.21. The van der Waals surface area contributed by atoms with Crippen LogP contribution in [0.1, 0.15) is 50.8 Å². The summed E-state index contributed by atoms with van der Waals surface area (Å²) < 4.78 is 10.0. The molecule has 8 heteroatoms. The molecule has 0 unspecified atom stereocenters. The van der Waals surface area contributed by atoms with E-state index in [9.17, 15) is 19.2 Å². The van der Waals surface area contributed by atoms with E-state index in [0.717, 1.165) is 12.8 Å². The van der Waals surface area contributed by atoms with Gasteiger partial charge in [0, 0.05) is 11.3 Å². The molecule has 0 fully saturated rings. The van der Waals surface area contributed by atoms with Gasteiger partial charge in [0.2, 0.25) is 5.91 Å². The van der Waals surface area contributed by atoms with Crippen molar-refractivity contribution >= 4 is 29.4 Å². The molecule has 0 bridgehead atoms. The highest BCUT2D eigenvalue weighted by Crippen LogP contribution is 2.11. The summed E-state index contributed by atoms with van der Waals surface area (Å²) in [4.78, 5) is 46.7. The van der Waals surface area contributed by atoms with Gasteiger partial charge in [0.25, 0.3) is 5.91 Å². The smallest absolute Gasteiger partial charge is 0.338 e. The number of anilines is 1. The number of esters is 2. The van der Waals surface area contributed by atoms with E-state index in [2.05, 4.69) is 5.32 Å². The van der Waals surface area contributed by atoms with Gasteiger partial charge >= 0.3 is 11.9 Å². The SMILES string of the molecule is CCCCOC(=O)c1ccc(NC(=O)COC(=O)c2ccc(C(N)=O)cc2)cc1. The summed E-state index contributed by atoms with van der Waals surface area (Å²) >= 11 is 0. The Labute approximate surface area is 168 Å². The minimum atomic E-state index is -0.707. The van der Waals surface area contributed by atoms with E-state index in [4.69, 9.17) is 15.2 Å². The highest BCUT2D eigenvalue weighted by molar-refractivity contribution is 5.97. The fraction of sp³-hybridized carbons (Fsp3) is 0.238. The molecule has 29 heavy (non-hydrogen) atoms. The molecular weight excluding hydrogens is 376 g/mol. The van der Waals surface area contributed by atoms with Crippen LogP contribution in [0, 0.1) is 0 Å². The maximum atomic E-state index is 11.9. The van der Waals surface area contributed by atoms with Crippen molar-refractivity contribution in [1.82, 2.24) is 0 Å². The molecule has 0 aliphatic rings. The van der Waals surface area contributed by atoms with Gasteiger partial charge in [-0.2, -0.15) is 0 Å². The van der Waals surface area contributed by atoms with E-state index in [1.54, 1.807) is 12.1 Å². The Balaban J connectivity index is 1.82. The number of nitrogens with two attached hydrogens (primary N) is 1. The maximum absolute atomic E-state index is 11.9. The van der Waals surface area contributed by atoms with Crippen molar-refractivity contribution in [3.63, 3.8) is 0 Å². The molecule has 0 radical (unpaired) electrons. The molecule has 152 valence electrons. The number of nitrogens with one attached hydrogen (secondary N) is 1. The zero-order valence-electron chi connectivity index (χ0n) is 16.0. The van der Waals surface area contributed by atoms with E-state index in [0.29, 0.717) is 17.9 Å². The first-order valence-electron chi connectivity index (χ1n) is 9.04. The second-order valence-electron chi connectivity index (χ2n) is 6.13. The van der Waals surface area contributed by atoms with Gasteiger partial charge in [0.05, 0.1) is 17.7 Å². The van der Waals surface area contributed by atoms with Crippen molar-refractivity contribution in [2.75, 3.05) is 18.5 Å². The van der Waals surface area contributed by atoms with Gasteiger partial charge in [-0.25, -0.2) is 9.59 Å². The van der Waals surface area contributed by atoms with Crippen LogP contribution in [0.25, 0.3) is 0 Å². The number of hydrogen-bond acceptors (Lipinski definition) is 6. The van der Waals surface area contributed by atoms with Crippen LogP contribution in [0.2, 0.25) is 0 Å². The number of benzene rings is 2. The van der Waals surface area contributed by atoms with Gasteiger partial charge in [-0.15, -0.1) is 0 Å². The number of ether oxygens (including phenoxy) is 2. The van der Waals surface area contributed by atoms with Crippen LogP contribution in [0.15, 0.2) is 48.5 Å². The molecule has 0 aliphatic carbocycles. The number of unbranched alkanes of at least 4 members (excludes halogenated alkanes) is 1. The number of carbonyl (C=O) groups is 4. The van der Waals surface area contributed by atoms with Gasteiger partial charge in [-0.05, 0) is 55.0 Å². The maximum Gasteiger partial charge on any atom is 0.338 e. The van der Waals surface area contributed by atoms with Crippen LogP contribution in [-0.4, -0.2) is 37.0 Å². The number of primary amides is 1. The predicted molar refractivity (Wildman–Crippen MR) is 106 cm³/mol. The Bertz CT molecular complexity index is 875. The van der Waals surface area contributed by atoms with E-state index in [1.165, 1.54) is 36.4 Å². The first kappa shape index (κ1) is 21.6. The molecule has 2 aromatic carbocycles. The molecule has 0 saturated heterocycles. The number of rotatable bonds is 9. The molecule has 2 amide bonds. The third kappa shape index (κ3) is 6.76. The number of hydrogen-bond donors (Lipinski definition) is 2. The Morgan fingerprint density at radius 3 is 1.90 bits per heavy atom. The minimum absolute atomic E-state index is 0.189. The van der Waals surface area contributed by atoms with E-state index in [1.807, 2.05) is 6.92 Å². The second kappa shape index (κ2) is 10.6. The van der Waals surface area contributed by atoms with E-state index >= 15 is 0 Å². The first-order valence-corrected chi connectivity index (χ1v) is 9.04. The van der Waals surface area contributed by atoms with Gasteiger partial charge in [-0.1, -0.05) is 13.3 Å². The molecule has 0 aliphatic heterocycles. The highest BCUT2D eigenvalue weighted by atomic mass is 16.5. The van der Waals surface area contributed by atoms with Crippen LogP contribution in [0.3, 0.4) is 0 Å². The summed E-state index contributed by atoms with van der Waals surface area (Å²) in [5, 5.41) is 2.56. The van der Waals surface area contributed by atoms with Crippen molar-refractivity contribution < 1.29 is 28.7 Å². The Morgan fingerprint density at radius 2 is 1.34 bits per heavy atom. The third-order valence-corrected chi connectivity index (χ3v) is 3.87. The Morgan fingerprint density at radius 1 is 0.828 bits per heavy atom. The lowest BCUT2D eigenvalue weighted by atomic mass is 10.1. The van der Waals surface area contributed by atoms with E-state index < -0.39 is 30.4 Å².